The van der Waals surface area contributed by atoms with Crippen LogP contribution in [0.3, 0.4) is 0 Å². The van der Waals surface area contributed by atoms with Gasteiger partial charge in [-0.1, -0.05) is 30.3 Å². The molecule has 2 aliphatic carbocycles. The number of fused-ring (bicyclic) bond motifs is 5. The van der Waals surface area contributed by atoms with Gasteiger partial charge in [-0.2, -0.15) is 0 Å². The number of rotatable bonds is 5. The largest absolute Gasteiger partial charge is 0.324 e. The predicted molar refractivity (Wildman–Crippen MR) is 121 cm³/mol. The Morgan fingerprint density at radius 2 is 1.57 bits per heavy atom. The van der Waals surface area contributed by atoms with Gasteiger partial charge in [0, 0.05) is 15.7 Å². The molecule has 5 atom stereocenters. The van der Waals surface area contributed by atoms with Crippen LogP contribution in [0.4, 0.5) is 5.69 Å². The van der Waals surface area contributed by atoms with Crippen LogP contribution in [-0.2, 0) is 20.8 Å². The highest BCUT2D eigenvalue weighted by Crippen LogP contribution is 2.56. The summed E-state index contributed by atoms with van der Waals surface area (Å²) in [5, 5.41) is 2.92. The Hall–Kier alpha value is -2.22. The van der Waals surface area contributed by atoms with Gasteiger partial charge in [0.2, 0.25) is 17.7 Å². The number of amides is 3. The van der Waals surface area contributed by atoms with Crippen molar-refractivity contribution in [2.45, 2.75) is 31.7 Å². The Morgan fingerprint density at radius 1 is 0.967 bits per heavy atom. The van der Waals surface area contributed by atoms with Crippen molar-refractivity contribution in [3.63, 3.8) is 0 Å². The first-order chi connectivity index (χ1) is 14.5. The third-order valence-electron chi connectivity index (χ3n) is 6.96. The molecule has 1 heterocycles. The number of nitrogens with one attached hydrogen (secondary N) is 1. The number of carbonyl (C=O) groups excluding carboxylic acids is 3. The maximum Gasteiger partial charge on any atom is 0.248 e. The van der Waals surface area contributed by atoms with Gasteiger partial charge in [-0.3, -0.25) is 19.3 Å². The number of hydrogen-bond acceptors (Lipinski definition) is 3. The molecular weight excluding hydrogens is 491 g/mol. The third-order valence-corrected chi connectivity index (χ3v) is 7.68. The van der Waals surface area contributed by atoms with E-state index >= 15 is 0 Å². The summed E-state index contributed by atoms with van der Waals surface area (Å²) in [6.45, 7) is 0. The number of benzene rings is 2. The number of imide groups is 1. The van der Waals surface area contributed by atoms with E-state index in [-0.39, 0.29) is 29.6 Å². The van der Waals surface area contributed by atoms with Crippen molar-refractivity contribution >= 4 is 46.0 Å². The summed E-state index contributed by atoms with van der Waals surface area (Å²) >= 11 is 2.21. The van der Waals surface area contributed by atoms with Crippen LogP contribution in [0.5, 0.6) is 0 Å². The van der Waals surface area contributed by atoms with Gasteiger partial charge in [0.25, 0.3) is 0 Å². The standard InChI is InChI=1S/C24H23IN2O3/c25-17-8-10-18(11-9-17)26-22(28)19(12-14-4-2-1-3-5-14)27-23(29)20-15-6-7-16(13-15)21(20)24(27)30/h1-5,8-11,15-16,19-21H,6-7,12-13H2,(H,26,28)/t15-,16-,19+,20-,21+/m0/s1. The van der Waals surface area contributed by atoms with Crippen molar-refractivity contribution in [2.75, 3.05) is 5.32 Å². The van der Waals surface area contributed by atoms with Gasteiger partial charge in [0.1, 0.15) is 6.04 Å². The molecular formula is C24H23IN2O3. The minimum atomic E-state index is -0.836. The second kappa shape index (κ2) is 7.80. The normalized spacial score (nSPS) is 28.0. The molecule has 2 aromatic rings. The number of anilines is 1. The first-order valence-electron chi connectivity index (χ1n) is 10.5. The molecule has 2 saturated carbocycles. The van der Waals surface area contributed by atoms with E-state index in [0.29, 0.717) is 23.9 Å². The zero-order valence-corrected chi connectivity index (χ0v) is 18.6. The molecule has 0 unspecified atom stereocenters. The highest BCUT2D eigenvalue weighted by Gasteiger charge is 2.62. The van der Waals surface area contributed by atoms with Crippen LogP contribution in [0.1, 0.15) is 24.8 Å². The second-order valence-electron chi connectivity index (χ2n) is 8.63. The lowest BCUT2D eigenvalue weighted by Gasteiger charge is -2.27. The van der Waals surface area contributed by atoms with Crippen LogP contribution in [-0.4, -0.2) is 28.7 Å². The van der Waals surface area contributed by atoms with Crippen molar-refractivity contribution in [1.29, 1.82) is 0 Å². The number of halogens is 1. The molecule has 2 bridgehead atoms. The zero-order valence-electron chi connectivity index (χ0n) is 16.5. The second-order valence-corrected chi connectivity index (χ2v) is 9.88. The smallest absolute Gasteiger partial charge is 0.248 e. The van der Waals surface area contributed by atoms with Crippen molar-refractivity contribution in [3.05, 3.63) is 63.7 Å². The highest BCUT2D eigenvalue weighted by atomic mass is 127. The molecule has 6 heteroatoms. The minimum absolute atomic E-state index is 0.143. The highest BCUT2D eigenvalue weighted by molar-refractivity contribution is 14.1. The summed E-state index contributed by atoms with van der Waals surface area (Å²) in [6.07, 6.45) is 3.36. The van der Waals surface area contributed by atoms with Gasteiger partial charge in [-0.05, 0) is 83.5 Å². The maximum atomic E-state index is 13.3. The minimum Gasteiger partial charge on any atom is -0.324 e. The van der Waals surface area contributed by atoms with Gasteiger partial charge >= 0.3 is 0 Å². The summed E-state index contributed by atoms with van der Waals surface area (Å²) in [4.78, 5) is 41.3. The van der Waals surface area contributed by atoms with Crippen LogP contribution in [0, 0.1) is 27.2 Å². The molecule has 5 rings (SSSR count). The first-order valence-corrected chi connectivity index (χ1v) is 11.6. The lowest BCUT2D eigenvalue weighted by Crippen LogP contribution is -2.49. The number of carbonyl (C=O) groups is 3. The van der Waals surface area contributed by atoms with E-state index in [0.717, 1.165) is 28.4 Å². The molecule has 1 N–H and O–H groups in total. The average molecular weight is 514 g/mol. The zero-order chi connectivity index (χ0) is 20.8. The monoisotopic (exact) mass is 514 g/mol. The Bertz CT molecular complexity index is 963. The molecule has 3 amide bonds. The maximum absolute atomic E-state index is 13.3. The molecule has 2 aromatic carbocycles. The van der Waals surface area contributed by atoms with Crippen molar-refractivity contribution in [3.8, 4) is 0 Å². The fourth-order valence-electron chi connectivity index (χ4n) is 5.64. The predicted octanol–water partition coefficient (Wildman–Crippen LogP) is 3.87. The van der Waals surface area contributed by atoms with Gasteiger partial charge in [0.05, 0.1) is 11.8 Å². The van der Waals surface area contributed by atoms with E-state index in [4.69, 9.17) is 0 Å². The number of likely N-dealkylation sites (tertiary alicyclic amines) is 1. The van der Waals surface area contributed by atoms with Crippen LogP contribution in [0.25, 0.3) is 0 Å². The lowest BCUT2D eigenvalue weighted by molar-refractivity contribution is -0.147. The van der Waals surface area contributed by atoms with E-state index in [9.17, 15) is 14.4 Å². The van der Waals surface area contributed by atoms with E-state index in [1.165, 1.54) is 4.90 Å². The molecule has 3 aliphatic rings. The Morgan fingerprint density at radius 3 is 2.17 bits per heavy atom. The molecule has 3 fully saturated rings. The summed E-state index contributed by atoms with van der Waals surface area (Å²) in [6, 6.07) is 16.3. The SMILES string of the molecule is O=C(Nc1ccc(I)cc1)[C@@H](Cc1ccccc1)N1C(=O)[C@@H]2[C@H]3CC[C@@H](C3)[C@@H]2C1=O. The van der Waals surface area contributed by atoms with Gasteiger partial charge < -0.3 is 5.32 Å². The molecule has 154 valence electrons. The molecule has 1 saturated heterocycles. The van der Waals surface area contributed by atoms with E-state index in [1.807, 2.05) is 54.6 Å². The topological polar surface area (TPSA) is 66.5 Å². The summed E-state index contributed by atoms with van der Waals surface area (Å²) in [5.74, 6) is -0.432. The quantitative estimate of drug-likeness (QED) is 0.487. The average Bonchev–Trinajstić information content (AvgIpc) is 3.43. The molecule has 30 heavy (non-hydrogen) atoms. The van der Waals surface area contributed by atoms with Crippen LogP contribution in [0.2, 0.25) is 0 Å². The molecule has 0 aromatic heterocycles. The Labute approximate surface area is 189 Å². The van der Waals surface area contributed by atoms with Crippen molar-refractivity contribution in [1.82, 2.24) is 4.90 Å². The van der Waals surface area contributed by atoms with E-state index in [2.05, 4.69) is 27.9 Å². The number of hydrogen-bond donors (Lipinski definition) is 1. The van der Waals surface area contributed by atoms with Crippen LogP contribution >= 0.6 is 22.6 Å². The fraction of sp³-hybridized carbons (Fsp3) is 0.375. The van der Waals surface area contributed by atoms with Gasteiger partial charge in [-0.15, -0.1) is 0 Å². The molecule has 1 aliphatic heterocycles. The number of nitrogens with zero attached hydrogens (tertiary/aromatic N) is 1. The van der Waals surface area contributed by atoms with E-state index in [1.54, 1.807) is 0 Å². The van der Waals surface area contributed by atoms with Crippen molar-refractivity contribution in [2.24, 2.45) is 23.7 Å². The fourth-order valence-corrected chi connectivity index (χ4v) is 6.00. The van der Waals surface area contributed by atoms with Crippen LogP contribution in [0.15, 0.2) is 54.6 Å². The Kier molecular flexibility index (Phi) is 5.13. The van der Waals surface area contributed by atoms with Gasteiger partial charge in [-0.25, -0.2) is 0 Å². The van der Waals surface area contributed by atoms with Crippen LogP contribution < -0.4 is 5.32 Å². The molecule has 0 spiro atoms. The Balaban J connectivity index is 1.45. The molecule has 5 nitrogen and oxygen atoms in total. The van der Waals surface area contributed by atoms with E-state index < -0.39 is 6.04 Å². The van der Waals surface area contributed by atoms with Crippen molar-refractivity contribution < 1.29 is 14.4 Å². The summed E-state index contributed by atoms with van der Waals surface area (Å²) in [5.41, 5.74) is 1.60. The third kappa shape index (κ3) is 3.35. The molecule has 0 radical (unpaired) electrons. The lowest BCUT2D eigenvalue weighted by atomic mass is 9.81. The van der Waals surface area contributed by atoms with Gasteiger partial charge in [0.15, 0.2) is 0 Å². The summed E-state index contributed by atoms with van der Waals surface area (Å²) < 4.78 is 1.07. The summed E-state index contributed by atoms with van der Waals surface area (Å²) in [7, 11) is 0. The first kappa shape index (κ1) is 19.7.